The number of hydrogen-bond acceptors (Lipinski definition) is 4. The number of ether oxygens (including phenoxy) is 1. The highest BCUT2D eigenvalue weighted by Gasteiger charge is 2.61. The maximum absolute atomic E-state index is 12.8. The maximum atomic E-state index is 12.8. The summed E-state index contributed by atoms with van der Waals surface area (Å²) in [6, 6.07) is 1.86. The molecule has 2 saturated heterocycles. The molecule has 2 aliphatic heterocycles. The van der Waals surface area contributed by atoms with E-state index in [4.69, 9.17) is 4.74 Å². The minimum Gasteiger partial charge on any atom is -0.369 e. The summed E-state index contributed by atoms with van der Waals surface area (Å²) in [6.07, 6.45) is 7.03. The molecule has 1 saturated carbocycles. The van der Waals surface area contributed by atoms with E-state index in [9.17, 15) is 9.59 Å². The number of aryl methyl sites for hydroxylation is 1. The molecule has 0 radical (unpaired) electrons. The largest absolute Gasteiger partial charge is 0.369 e. The second kappa shape index (κ2) is 6.09. The van der Waals surface area contributed by atoms with E-state index in [1.807, 2.05) is 22.8 Å². The molecule has 1 spiro atoms. The number of piperidine rings is 1. The summed E-state index contributed by atoms with van der Waals surface area (Å²) < 4.78 is 5.52. The SMILES string of the molecule is COC1C(=O)N(CC2CC2)C12CCN(C(=O)c1cnccc1C)CC2. The molecule has 1 aromatic rings. The first-order valence-corrected chi connectivity index (χ1v) is 9.11. The van der Waals surface area contributed by atoms with E-state index in [1.165, 1.54) is 12.8 Å². The van der Waals surface area contributed by atoms with Crippen LogP contribution in [0.15, 0.2) is 18.5 Å². The first kappa shape index (κ1) is 16.5. The Kier molecular flexibility index (Phi) is 4.02. The Morgan fingerprint density at radius 1 is 1.36 bits per heavy atom. The van der Waals surface area contributed by atoms with E-state index >= 15 is 0 Å². The molecule has 3 heterocycles. The highest BCUT2D eigenvalue weighted by molar-refractivity contribution is 5.95. The molecular formula is C19H25N3O3. The predicted molar refractivity (Wildman–Crippen MR) is 92.1 cm³/mol. The molecule has 1 atom stereocenters. The number of carbonyl (C=O) groups is 2. The molecular weight excluding hydrogens is 318 g/mol. The Bertz CT molecular complexity index is 693. The fourth-order valence-corrected chi connectivity index (χ4v) is 4.30. The van der Waals surface area contributed by atoms with Crippen LogP contribution in [0.25, 0.3) is 0 Å². The zero-order valence-corrected chi connectivity index (χ0v) is 14.9. The molecule has 0 bridgehead atoms. The van der Waals surface area contributed by atoms with Crippen LogP contribution >= 0.6 is 0 Å². The summed E-state index contributed by atoms with van der Waals surface area (Å²) in [7, 11) is 1.62. The molecule has 1 unspecified atom stereocenters. The average molecular weight is 343 g/mol. The van der Waals surface area contributed by atoms with Gasteiger partial charge in [0.25, 0.3) is 11.8 Å². The lowest BCUT2D eigenvalue weighted by molar-refractivity contribution is -0.198. The second-order valence-electron chi connectivity index (χ2n) is 7.59. The molecule has 1 aromatic heterocycles. The van der Waals surface area contributed by atoms with Gasteiger partial charge in [-0.2, -0.15) is 0 Å². The summed E-state index contributed by atoms with van der Waals surface area (Å²) in [4.78, 5) is 33.2. The molecule has 3 fully saturated rings. The number of amides is 2. The van der Waals surface area contributed by atoms with Crippen LogP contribution in [0.5, 0.6) is 0 Å². The zero-order valence-electron chi connectivity index (χ0n) is 14.9. The summed E-state index contributed by atoms with van der Waals surface area (Å²) in [5, 5.41) is 0. The number of aromatic nitrogens is 1. The van der Waals surface area contributed by atoms with Gasteiger partial charge in [0, 0.05) is 39.1 Å². The lowest BCUT2D eigenvalue weighted by Gasteiger charge is -2.59. The van der Waals surface area contributed by atoms with Gasteiger partial charge in [-0.1, -0.05) is 0 Å². The van der Waals surface area contributed by atoms with Crippen LogP contribution in [-0.4, -0.2) is 65.0 Å². The van der Waals surface area contributed by atoms with Crippen molar-refractivity contribution < 1.29 is 14.3 Å². The van der Waals surface area contributed by atoms with Crippen LogP contribution in [0.1, 0.15) is 41.6 Å². The summed E-state index contributed by atoms with van der Waals surface area (Å²) in [6.45, 7) is 4.10. The van der Waals surface area contributed by atoms with Crippen LogP contribution in [0, 0.1) is 12.8 Å². The van der Waals surface area contributed by atoms with Crippen LogP contribution in [0.3, 0.4) is 0 Å². The third-order valence-corrected chi connectivity index (χ3v) is 6.08. The second-order valence-corrected chi connectivity index (χ2v) is 7.59. The summed E-state index contributed by atoms with van der Waals surface area (Å²) in [5.74, 6) is 0.822. The molecule has 25 heavy (non-hydrogen) atoms. The topological polar surface area (TPSA) is 62.7 Å². The molecule has 134 valence electrons. The van der Waals surface area contributed by atoms with Gasteiger partial charge < -0.3 is 14.5 Å². The molecule has 6 nitrogen and oxygen atoms in total. The number of rotatable bonds is 4. The van der Waals surface area contributed by atoms with E-state index in [0.29, 0.717) is 24.6 Å². The molecule has 2 amide bonds. The number of likely N-dealkylation sites (tertiary alicyclic amines) is 2. The smallest absolute Gasteiger partial charge is 0.255 e. The molecule has 0 aromatic carbocycles. The lowest BCUT2D eigenvalue weighted by Crippen LogP contribution is -2.77. The minimum absolute atomic E-state index is 0.0359. The molecule has 0 N–H and O–H groups in total. The van der Waals surface area contributed by atoms with E-state index < -0.39 is 0 Å². The van der Waals surface area contributed by atoms with Crippen LogP contribution in [0.4, 0.5) is 0 Å². The number of hydrogen-bond donors (Lipinski definition) is 0. The van der Waals surface area contributed by atoms with Crippen LogP contribution in [-0.2, 0) is 9.53 Å². The summed E-state index contributed by atoms with van der Waals surface area (Å²) in [5.41, 5.74) is 1.40. The first-order valence-electron chi connectivity index (χ1n) is 9.11. The first-order chi connectivity index (χ1) is 12.1. The van der Waals surface area contributed by atoms with Crippen molar-refractivity contribution in [3.8, 4) is 0 Å². The fraction of sp³-hybridized carbons (Fsp3) is 0.632. The van der Waals surface area contributed by atoms with Crippen molar-refractivity contribution in [1.29, 1.82) is 0 Å². The van der Waals surface area contributed by atoms with Crippen molar-refractivity contribution in [3.05, 3.63) is 29.6 Å². The van der Waals surface area contributed by atoms with Gasteiger partial charge >= 0.3 is 0 Å². The van der Waals surface area contributed by atoms with Crippen molar-refractivity contribution >= 4 is 11.8 Å². The van der Waals surface area contributed by atoms with E-state index in [1.54, 1.807) is 19.5 Å². The van der Waals surface area contributed by atoms with Crippen molar-refractivity contribution in [2.24, 2.45) is 5.92 Å². The van der Waals surface area contributed by atoms with Crippen molar-refractivity contribution in [3.63, 3.8) is 0 Å². The number of methoxy groups -OCH3 is 1. The van der Waals surface area contributed by atoms with Gasteiger partial charge in [0.1, 0.15) is 0 Å². The number of β-lactam (4-membered cyclic amide) rings is 1. The van der Waals surface area contributed by atoms with Gasteiger partial charge in [-0.25, -0.2) is 0 Å². The maximum Gasteiger partial charge on any atom is 0.255 e. The number of nitrogens with zero attached hydrogens (tertiary/aromatic N) is 3. The Morgan fingerprint density at radius 3 is 2.68 bits per heavy atom. The predicted octanol–water partition coefficient (Wildman–Crippen LogP) is 1.63. The van der Waals surface area contributed by atoms with Crippen molar-refractivity contribution in [2.45, 2.75) is 44.2 Å². The van der Waals surface area contributed by atoms with E-state index in [-0.39, 0.29) is 23.5 Å². The summed E-state index contributed by atoms with van der Waals surface area (Å²) >= 11 is 0. The normalized spacial score (nSPS) is 25.2. The van der Waals surface area contributed by atoms with Gasteiger partial charge in [0.2, 0.25) is 0 Å². The molecule has 4 rings (SSSR count). The minimum atomic E-state index is -0.344. The quantitative estimate of drug-likeness (QED) is 0.780. The Morgan fingerprint density at radius 2 is 2.08 bits per heavy atom. The monoisotopic (exact) mass is 343 g/mol. The van der Waals surface area contributed by atoms with Gasteiger partial charge in [-0.3, -0.25) is 14.6 Å². The van der Waals surface area contributed by atoms with Crippen LogP contribution < -0.4 is 0 Å². The van der Waals surface area contributed by atoms with Gasteiger partial charge in [-0.05, 0) is 50.2 Å². The highest BCUT2D eigenvalue weighted by Crippen LogP contribution is 2.45. The van der Waals surface area contributed by atoms with Gasteiger partial charge in [-0.15, -0.1) is 0 Å². The average Bonchev–Trinajstić information content (AvgIpc) is 3.45. The third-order valence-electron chi connectivity index (χ3n) is 6.08. The zero-order chi connectivity index (χ0) is 17.6. The number of pyridine rings is 1. The van der Waals surface area contributed by atoms with Gasteiger partial charge in [0.15, 0.2) is 6.10 Å². The molecule has 1 aliphatic carbocycles. The van der Waals surface area contributed by atoms with E-state index in [2.05, 4.69) is 4.98 Å². The Balaban J connectivity index is 1.47. The van der Waals surface area contributed by atoms with E-state index in [0.717, 1.165) is 24.9 Å². The number of carbonyl (C=O) groups excluding carboxylic acids is 2. The van der Waals surface area contributed by atoms with Gasteiger partial charge in [0.05, 0.1) is 11.1 Å². The fourth-order valence-electron chi connectivity index (χ4n) is 4.30. The third kappa shape index (κ3) is 2.63. The van der Waals surface area contributed by atoms with Crippen LogP contribution in [0.2, 0.25) is 0 Å². The highest BCUT2D eigenvalue weighted by atomic mass is 16.5. The molecule has 6 heteroatoms. The Labute approximate surface area is 148 Å². The standard InChI is InChI=1S/C19H25N3O3/c1-13-5-8-20-11-15(13)17(23)21-9-6-19(7-10-21)16(25-2)18(24)22(19)12-14-3-4-14/h5,8,11,14,16H,3-4,6-7,9-10,12H2,1-2H3. The van der Waals surface area contributed by atoms with Crippen molar-refractivity contribution in [1.82, 2.24) is 14.8 Å². The Hall–Kier alpha value is -1.95. The van der Waals surface area contributed by atoms with Crippen molar-refractivity contribution in [2.75, 3.05) is 26.7 Å². The molecule has 3 aliphatic rings. The lowest BCUT2D eigenvalue weighted by atomic mass is 9.72.